The molecule has 1 heterocycles. The molecular formula is C19H20N2O2. The average molecular weight is 308 g/mol. The SMILES string of the molecule is COc1ccc2[nH]c(C(O)NC3(c4ccccc4)CC3)cc2c1. The Balaban J connectivity index is 1.59. The molecule has 1 aliphatic carbocycles. The fraction of sp³-hybridized carbons (Fsp3) is 0.263. The van der Waals surface area contributed by atoms with Crippen molar-refractivity contribution in [1.82, 2.24) is 10.3 Å². The van der Waals surface area contributed by atoms with E-state index in [2.05, 4.69) is 22.4 Å². The van der Waals surface area contributed by atoms with E-state index in [1.165, 1.54) is 5.56 Å². The first kappa shape index (κ1) is 14.3. The maximum absolute atomic E-state index is 10.6. The zero-order chi connectivity index (χ0) is 15.9. The van der Waals surface area contributed by atoms with Gasteiger partial charge in [-0.15, -0.1) is 0 Å². The van der Waals surface area contributed by atoms with Crippen molar-refractivity contribution < 1.29 is 9.84 Å². The zero-order valence-corrected chi connectivity index (χ0v) is 13.0. The van der Waals surface area contributed by atoms with E-state index < -0.39 is 6.23 Å². The van der Waals surface area contributed by atoms with Crippen molar-refractivity contribution in [3.05, 3.63) is 65.9 Å². The molecule has 0 aliphatic heterocycles. The van der Waals surface area contributed by atoms with Crippen molar-refractivity contribution in [3.8, 4) is 5.75 Å². The second kappa shape index (κ2) is 5.41. The monoisotopic (exact) mass is 308 g/mol. The molecule has 1 saturated carbocycles. The van der Waals surface area contributed by atoms with Gasteiger partial charge in [-0.2, -0.15) is 0 Å². The van der Waals surface area contributed by atoms with Crippen molar-refractivity contribution in [2.75, 3.05) is 7.11 Å². The molecule has 1 aromatic heterocycles. The van der Waals surface area contributed by atoms with Crippen LogP contribution in [0.5, 0.6) is 5.75 Å². The number of benzene rings is 2. The Kier molecular flexibility index (Phi) is 3.36. The van der Waals surface area contributed by atoms with Crippen molar-refractivity contribution in [3.63, 3.8) is 0 Å². The fourth-order valence-corrected chi connectivity index (χ4v) is 3.15. The van der Waals surface area contributed by atoms with Gasteiger partial charge in [0.2, 0.25) is 0 Å². The standard InChI is InChI=1S/C19H20N2O2/c1-23-15-7-8-16-13(11-15)12-17(20-16)18(22)21-19(9-10-19)14-5-3-2-4-6-14/h2-8,11-12,18,20-22H,9-10H2,1H3. The summed E-state index contributed by atoms with van der Waals surface area (Å²) in [6, 6.07) is 18.1. The van der Waals surface area contributed by atoms with Gasteiger partial charge in [0.15, 0.2) is 0 Å². The number of fused-ring (bicyclic) bond motifs is 1. The van der Waals surface area contributed by atoms with Crippen LogP contribution < -0.4 is 10.1 Å². The molecule has 1 fully saturated rings. The number of aromatic amines is 1. The van der Waals surface area contributed by atoms with Crippen molar-refractivity contribution in [1.29, 1.82) is 0 Å². The molecule has 4 heteroatoms. The lowest BCUT2D eigenvalue weighted by molar-refractivity contribution is 0.114. The molecule has 118 valence electrons. The largest absolute Gasteiger partial charge is 0.497 e. The van der Waals surface area contributed by atoms with Crippen LogP contribution in [0.1, 0.15) is 30.3 Å². The summed E-state index contributed by atoms with van der Waals surface area (Å²) in [6.45, 7) is 0. The summed E-state index contributed by atoms with van der Waals surface area (Å²) in [5.41, 5.74) is 2.90. The summed E-state index contributed by atoms with van der Waals surface area (Å²) in [6.07, 6.45) is 1.36. The lowest BCUT2D eigenvalue weighted by Crippen LogP contribution is -2.32. The van der Waals surface area contributed by atoms with Gasteiger partial charge in [0.25, 0.3) is 0 Å². The quantitative estimate of drug-likeness (QED) is 0.633. The average Bonchev–Trinajstić information content (AvgIpc) is 3.24. The Labute approximate surface area is 135 Å². The molecule has 0 spiro atoms. The highest BCUT2D eigenvalue weighted by molar-refractivity contribution is 5.82. The number of aromatic nitrogens is 1. The minimum Gasteiger partial charge on any atom is -0.497 e. The summed E-state index contributed by atoms with van der Waals surface area (Å²) in [4.78, 5) is 3.28. The van der Waals surface area contributed by atoms with E-state index in [9.17, 15) is 5.11 Å². The molecule has 23 heavy (non-hydrogen) atoms. The smallest absolute Gasteiger partial charge is 0.146 e. The van der Waals surface area contributed by atoms with E-state index in [0.717, 1.165) is 35.2 Å². The Morgan fingerprint density at radius 3 is 2.61 bits per heavy atom. The van der Waals surface area contributed by atoms with E-state index in [-0.39, 0.29) is 5.54 Å². The highest BCUT2D eigenvalue weighted by Crippen LogP contribution is 2.46. The fourth-order valence-electron chi connectivity index (χ4n) is 3.15. The van der Waals surface area contributed by atoms with Crippen LogP contribution in [0.2, 0.25) is 0 Å². The number of hydrogen-bond acceptors (Lipinski definition) is 3. The number of H-pyrrole nitrogens is 1. The third-order valence-corrected chi connectivity index (χ3v) is 4.63. The predicted molar refractivity (Wildman–Crippen MR) is 90.3 cm³/mol. The molecule has 1 atom stereocenters. The maximum atomic E-state index is 10.6. The van der Waals surface area contributed by atoms with Crippen LogP contribution in [-0.2, 0) is 5.54 Å². The molecule has 4 nitrogen and oxygen atoms in total. The highest BCUT2D eigenvalue weighted by Gasteiger charge is 2.45. The molecule has 0 radical (unpaired) electrons. The molecule has 0 amide bonds. The van der Waals surface area contributed by atoms with Gasteiger partial charge in [-0.3, -0.25) is 5.32 Å². The van der Waals surface area contributed by atoms with Crippen LogP contribution in [0.3, 0.4) is 0 Å². The van der Waals surface area contributed by atoms with Gasteiger partial charge in [0, 0.05) is 16.4 Å². The summed E-state index contributed by atoms with van der Waals surface area (Å²) < 4.78 is 5.25. The summed E-state index contributed by atoms with van der Waals surface area (Å²) in [5.74, 6) is 0.813. The van der Waals surface area contributed by atoms with E-state index in [1.807, 2.05) is 42.5 Å². The minimum atomic E-state index is -0.726. The lowest BCUT2D eigenvalue weighted by Gasteiger charge is -2.21. The maximum Gasteiger partial charge on any atom is 0.146 e. The summed E-state index contributed by atoms with van der Waals surface area (Å²) >= 11 is 0. The second-order valence-electron chi connectivity index (χ2n) is 6.17. The van der Waals surface area contributed by atoms with Crippen molar-refractivity contribution in [2.45, 2.75) is 24.6 Å². The zero-order valence-electron chi connectivity index (χ0n) is 13.0. The van der Waals surface area contributed by atoms with Gasteiger partial charge < -0.3 is 14.8 Å². The Hall–Kier alpha value is -2.30. The number of ether oxygens (including phenoxy) is 1. The van der Waals surface area contributed by atoms with Gasteiger partial charge in [-0.05, 0) is 42.7 Å². The number of nitrogens with one attached hydrogen (secondary N) is 2. The Bertz CT molecular complexity index is 822. The second-order valence-corrected chi connectivity index (χ2v) is 6.17. The third-order valence-electron chi connectivity index (χ3n) is 4.63. The topological polar surface area (TPSA) is 57.3 Å². The number of aliphatic hydroxyl groups excluding tert-OH is 1. The first-order valence-corrected chi connectivity index (χ1v) is 7.88. The molecule has 1 aliphatic rings. The van der Waals surface area contributed by atoms with Crippen molar-refractivity contribution >= 4 is 10.9 Å². The molecule has 3 aromatic rings. The number of hydrogen-bond donors (Lipinski definition) is 3. The minimum absolute atomic E-state index is 0.102. The molecule has 3 N–H and O–H groups in total. The van der Waals surface area contributed by atoms with Crippen LogP contribution in [0.15, 0.2) is 54.6 Å². The van der Waals surface area contributed by atoms with Crippen LogP contribution in [-0.4, -0.2) is 17.2 Å². The Morgan fingerprint density at radius 1 is 1.13 bits per heavy atom. The van der Waals surface area contributed by atoms with Crippen molar-refractivity contribution in [2.24, 2.45) is 0 Å². The van der Waals surface area contributed by atoms with E-state index in [1.54, 1.807) is 7.11 Å². The van der Waals surface area contributed by atoms with Gasteiger partial charge in [-0.25, -0.2) is 0 Å². The van der Waals surface area contributed by atoms with Gasteiger partial charge >= 0.3 is 0 Å². The van der Waals surface area contributed by atoms with Gasteiger partial charge in [0.05, 0.1) is 12.8 Å². The highest BCUT2D eigenvalue weighted by atomic mass is 16.5. The van der Waals surface area contributed by atoms with E-state index >= 15 is 0 Å². The van der Waals surface area contributed by atoms with Gasteiger partial charge in [-0.1, -0.05) is 30.3 Å². The first-order valence-electron chi connectivity index (χ1n) is 7.88. The number of aliphatic hydroxyl groups is 1. The van der Waals surface area contributed by atoms with Crippen LogP contribution in [0.25, 0.3) is 10.9 Å². The molecule has 1 unspecified atom stereocenters. The number of methoxy groups -OCH3 is 1. The third kappa shape index (κ3) is 2.60. The summed E-state index contributed by atoms with van der Waals surface area (Å²) in [5, 5.41) is 15.0. The predicted octanol–water partition coefficient (Wildman–Crippen LogP) is 3.45. The van der Waals surface area contributed by atoms with E-state index in [0.29, 0.717) is 0 Å². The first-order chi connectivity index (χ1) is 11.2. The molecule has 4 rings (SSSR count). The normalized spacial score (nSPS) is 17.1. The van der Waals surface area contributed by atoms with Crippen LogP contribution >= 0.6 is 0 Å². The Morgan fingerprint density at radius 2 is 1.91 bits per heavy atom. The molecular weight excluding hydrogens is 288 g/mol. The van der Waals surface area contributed by atoms with Crippen LogP contribution in [0, 0.1) is 0 Å². The number of rotatable bonds is 5. The molecule has 0 bridgehead atoms. The molecule has 0 saturated heterocycles. The lowest BCUT2D eigenvalue weighted by atomic mass is 10.0. The van der Waals surface area contributed by atoms with Gasteiger partial charge in [0.1, 0.15) is 12.0 Å². The van der Waals surface area contributed by atoms with Crippen LogP contribution in [0.4, 0.5) is 0 Å². The molecule has 2 aromatic carbocycles. The van der Waals surface area contributed by atoms with E-state index in [4.69, 9.17) is 4.74 Å². The summed E-state index contributed by atoms with van der Waals surface area (Å²) in [7, 11) is 1.65.